The number of likely N-dealkylation sites (N-methyl/N-ethyl adjacent to an activating group) is 1. The molecule has 0 unspecified atom stereocenters. The maximum absolute atomic E-state index is 13.3. The van der Waals surface area contributed by atoms with Crippen LogP contribution in [0.15, 0.2) is 18.2 Å². The maximum atomic E-state index is 13.3. The van der Waals surface area contributed by atoms with Crippen molar-refractivity contribution < 1.29 is 19.1 Å². The number of nitrogens with one attached hydrogen (secondary N) is 1. The van der Waals surface area contributed by atoms with E-state index in [1.165, 1.54) is 0 Å². The van der Waals surface area contributed by atoms with Crippen LogP contribution in [0, 0.1) is 11.8 Å². The van der Waals surface area contributed by atoms with E-state index < -0.39 is 0 Å². The predicted molar refractivity (Wildman–Crippen MR) is 122 cm³/mol. The van der Waals surface area contributed by atoms with E-state index in [0.717, 1.165) is 32.4 Å². The molecule has 3 atom stereocenters. The van der Waals surface area contributed by atoms with Gasteiger partial charge in [-0.1, -0.05) is 13.8 Å². The van der Waals surface area contributed by atoms with E-state index in [-0.39, 0.29) is 35.8 Å². The van der Waals surface area contributed by atoms with Gasteiger partial charge in [-0.3, -0.25) is 14.5 Å². The van der Waals surface area contributed by atoms with Gasteiger partial charge in [0.15, 0.2) is 0 Å². The summed E-state index contributed by atoms with van der Waals surface area (Å²) in [5.41, 5.74) is 1.10. The van der Waals surface area contributed by atoms with Crippen molar-refractivity contribution >= 4 is 17.5 Å². The van der Waals surface area contributed by atoms with Gasteiger partial charge in [0.05, 0.1) is 11.7 Å². The molecule has 2 amide bonds. The summed E-state index contributed by atoms with van der Waals surface area (Å²) in [5.74, 6) is 0.798. The summed E-state index contributed by atoms with van der Waals surface area (Å²) in [4.78, 5) is 29.6. The SMILES string of the molecule is CCCN1C[C@H](C)[C@@H](OC)CN(C)C(=O)c2cc(NC(=O)C3CC3)ccc2OC[C@H]1C. The summed E-state index contributed by atoms with van der Waals surface area (Å²) in [6.07, 6.45) is 2.87. The Balaban J connectivity index is 1.90. The predicted octanol–water partition coefficient (Wildman–Crippen LogP) is 3.25. The number of carbonyl (C=O) groups is 2. The summed E-state index contributed by atoms with van der Waals surface area (Å²) in [7, 11) is 3.50. The van der Waals surface area contributed by atoms with Gasteiger partial charge in [-0.25, -0.2) is 0 Å². The van der Waals surface area contributed by atoms with Crippen LogP contribution in [0.25, 0.3) is 0 Å². The number of fused-ring (bicyclic) bond motifs is 1. The number of carbonyl (C=O) groups excluding carboxylic acids is 2. The highest BCUT2D eigenvalue weighted by Gasteiger charge is 2.31. The molecule has 0 spiro atoms. The van der Waals surface area contributed by atoms with Crippen LogP contribution in [0.4, 0.5) is 5.69 Å². The summed E-state index contributed by atoms with van der Waals surface area (Å²) in [6, 6.07) is 5.55. The van der Waals surface area contributed by atoms with Crippen LogP contribution in [-0.2, 0) is 9.53 Å². The molecule has 1 N–H and O–H groups in total. The minimum atomic E-state index is -0.134. The van der Waals surface area contributed by atoms with Gasteiger partial charge in [0.1, 0.15) is 12.4 Å². The molecule has 172 valence electrons. The van der Waals surface area contributed by atoms with E-state index in [4.69, 9.17) is 9.47 Å². The quantitative estimate of drug-likeness (QED) is 0.775. The third-order valence-electron chi connectivity index (χ3n) is 6.30. The molecule has 3 rings (SSSR count). The van der Waals surface area contributed by atoms with Crippen molar-refractivity contribution in [3.05, 3.63) is 23.8 Å². The second kappa shape index (κ2) is 10.5. The Morgan fingerprint density at radius 1 is 1.26 bits per heavy atom. The molecule has 31 heavy (non-hydrogen) atoms. The molecule has 1 aliphatic carbocycles. The van der Waals surface area contributed by atoms with Crippen LogP contribution < -0.4 is 10.1 Å². The fraction of sp³-hybridized carbons (Fsp3) is 0.667. The molecular formula is C24H37N3O4. The molecular weight excluding hydrogens is 394 g/mol. The Bertz CT molecular complexity index is 780. The molecule has 1 aromatic carbocycles. The number of rotatable bonds is 5. The second-order valence-corrected chi connectivity index (χ2v) is 9.07. The highest BCUT2D eigenvalue weighted by Crippen LogP contribution is 2.31. The fourth-order valence-corrected chi connectivity index (χ4v) is 4.12. The minimum Gasteiger partial charge on any atom is -0.491 e. The Morgan fingerprint density at radius 3 is 2.65 bits per heavy atom. The van der Waals surface area contributed by atoms with Crippen molar-refractivity contribution in [3.63, 3.8) is 0 Å². The van der Waals surface area contributed by atoms with E-state index in [2.05, 4.69) is 31.0 Å². The van der Waals surface area contributed by atoms with E-state index in [1.807, 2.05) is 6.07 Å². The summed E-state index contributed by atoms with van der Waals surface area (Å²) < 4.78 is 11.9. The topological polar surface area (TPSA) is 71.1 Å². The molecule has 2 aliphatic rings. The van der Waals surface area contributed by atoms with Crippen LogP contribution in [0.2, 0.25) is 0 Å². The lowest BCUT2D eigenvalue weighted by Gasteiger charge is -2.35. The first-order chi connectivity index (χ1) is 14.8. The first-order valence-corrected chi connectivity index (χ1v) is 11.4. The maximum Gasteiger partial charge on any atom is 0.257 e. The van der Waals surface area contributed by atoms with E-state index >= 15 is 0 Å². The standard InChI is InChI=1S/C24H37N3O4/c1-6-11-27-13-16(2)22(30-5)14-26(4)24(29)20-12-19(25-23(28)18-7-8-18)9-10-21(20)31-15-17(27)3/h9-10,12,16-18,22H,6-8,11,13-15H2,1-5H3,(H,25,28)/t16-,17+,22-/m0/s1. The summed E-state index contributed by atoms with van der Waals surface area (Å²) >= 11 is 0. The van der Waals surface area contributed by atoms with Crippen molar-refractivity contribution in [2.75, 3.05) is 45.7 Å². The van der Waals surface area contributed by atoms with Crippen LogP contribution in [0.3, 0.4) is 0 Å². The van der Waals surface area contributed by atoms with Gasteiger partial charge in [-0.05, 0) is 56.8 Å². The fourth-order valence-electron chi connectivity index (χ4n) is 4.12. The molecule has 7 heteroatoms. The zero-order valence-corrected chi connectivity index (χ0v) is 19.5. The van der Waals surface area contributed by atoms with Gasteiger partial charge in [0, 0.05) is 44.9 Å². The molecule has 1 aliphatic heterocycles. The summed E-state index contributed by atoms with van der Waals surface area (Å²) in [6.45, 7) is 9.37. The number of hydrogen-bond donors (Lipinski definition) is 1. The molecule has 7 nitrogen and oxygen atoms in total. The highest BCUT2D eigenvalue weighted by atomic mass is 16.5. The molecule has 1 fully saturated rings. The zero-order valence-electron chi connectivity index (χ0n) is 19.5. The highest BCUT2D eigenvalue weighted by molar-refractivity contribution is 6.00. The van der Waals surface area contributed by atoms with Gasteiger partial charge < -0.3 is 19.7 Å². The van der Waals surface area contributed by atoms with Crippen molar-refractivity contribution in [2.24, 2.45) is 11.8 Å². The average Bonchev–Trinajstić information content (AvgIpc) is 3.60. The Morgan fingerprint density at radius 2 is 2.00 bits per heavy atom. The number of amides is 2. The number of nitrogens with zero attached hydrogens (tertiary/aromatic N) is 2. The number of anilines is 1. The van der Waals surface area contributed by atoms with Crippen molar-refractivity contribution in [1.29, 1.82) is 0 Å². The Kier molecular flexibility index (Phi) is 7.94. The molecule has 1 aromatic rings. The molecule has 0 radical (unpaired) electrons. The minimum absolute atomic E-state index is 0.0203. The molecule has 0 bridgehead atoms. The van der Waals surface area contributed by atoms with Crippen LogP contribution >= 0.6 is 0 Å². The van der Waals surface area contributed by atoms with E-state index in [0.29, 0.717) is 30.2 Å². The van der Waals surface area contributed by atoms with Crippen molar-refractivity contribution in [1.82, 2.24) is 9.80 Å². The van der Waals surface area contributed by atoms with E-state index in [1.54, 1.807) is 31.2 Å². The van der Waals surface area contributed by atoms with Gasteiger partial charge in [-0.2, -0.15) is 0 Å². The van der Waals surface area contributed by atoms with Gasteiger partial charge >= 0.3 is 0 Å². The lowest BCUT2D eigenvalue weighted by atomic mass is 10.0. The first kappa shape index (κ1) is 23.5. The van der Waals surface area contributed by atoms with Crippen LogP contribution in [0.1, 0.15) is 50.4 Å². The second-order valence-electron chi connectivity index (χ2n) is 9.07. The smallest absolute Gasteiger partial charge is 0.257 e. The number of methoxy groups -OCH3 is 1. The third kappa shape index (κ3) is 5.98. The van der Waals surface area contributed by atoms with Gasteiger partial charge in [0.2, 0.25) is 5.91 Å². The Labute approximate surface area is 186 Å². The number of benzene rings is 1. The van der Waals surface area contributed by atoms with Crippen LogP contribution in [-0.4, -0.2) is 74.2 Å². The molecule has 1 saturated carbocycles. The van der Waals surface area contributed by atoms with Crippen LogP contribution in [0.5, 0.6) is 5.75 Å². The van der Waals surface area contributed by atoms with Crippen molar-refractivity contribution in [2.45, 2.75) is 52.2 Å². The molecule has 0 aromatic heterocycles. The van der Waals surface area contributed by atoms with E-state index in [9.17, 15) is 9.59 Å². The lowest BCUT2D eigenvalue weighted by Crippen LogP contribution is -2.46. The third-order valence-corrected chi connectivity index (χ3v) is 6.30. The summed E-state index contributed by atoms with van der Waals surface area (Å²) in [5, 5.41) is 2.94. The van der Waals surface area contributed by atoms with Crippen molar-refractivity contribution in [3.8, 4) is 5.75 Å². The normalized spacial score (nSPS) is 25.8. The zero-order chi connectivity index (χ0) is 22.5. The number of ether oxygens (including phenoxy) is 2. The lowest BCUT2D eigenvalue weighted by molar-refractivity contribution is -0.117. The van der Waals surface area contributed by atoms with Gasteiger partial charge in [-0.15, -0.1) is 0 Å². The first-order valence-electron chi connectivity index (χ1n) is 11.4. The van der Waals surface area contributed by atoms with Gasteiger partial charge in [0.25, 0.3) is 5.91 Å². The Hall–Kier alpha value is -2.12. The monoisotopic (exact) mass is 431 g/mol. The number of hydrogen-bond acceptors (Lipinski definition) is 5. The largest absolute Gasteiger partial charge is 0.491 e. The molecule has 1 heterocycles. The average molecular weight is 432 g/mol. The molecule has 0 saturated heterocycles.